The third-order valence-electron chi connectivity index (χ3n) is 7.80. The first kappa shape index (κ1) is 25.6. The number of hydrogen-bond donors (Lipinski definition) is 2. The molecule has 0 radical (unpaired) electrons. The summed E-state index contributed by atoms with van der Waals surface area (Å²) in [5.41, 5.74) is 11.1. The molecule has 2 amide bonds. The van der Waals surface area contributed by atoms with Crippen LogP contribution in [0.4, 0.5) is 4.39 Å². The van der Waals surface area contributed by atoms with E-state index < -0.39 is 11.4 Å². The fourth-order valence-electron chi connectivity index (χ4n) is 5.36. The predicted molar refractivity (Wildman–Crippen MR) is 154 cm³/mol. The molecular weight excluding hydrogens is 535 g/mol. The van der Waals surface area contributed by atoms with E-state index in [1.54, 1.807) is 42.7 Å². The smallest absolute Gasteiger partial charge is 0.252 e. The number of fused-ring (bicyclic) bond motifs is 2. The van der Waals surface area contributed by atoms with Crippen molar-refractivity contribution >= 4 is 33.9 Å². The minimum absolute atomic E-state index is 0.238. The molecule has 0 saturated heterocycles. The molecule has 0 unspecified atom stereocenters. The summed E-state index contributed by atoms with van der Waals surface area (Å²) in [4.78, 5) is 34.6. The number of aryl methyl sites for hydroxylation is 1. The lowest BCUT2D eigenvalue weighted by atomic mass is 9.95. The van der Waals surface area contributed by atoms with Gasteiger partial charge >= 0.3 is 0 Å². The predicted octanol–water partition coefficient (Wildman–Crippen LogP) is 6.19. The summed E-state index contributed by atoms with van der Waals surface area (Å²) in [5.74, 6) is -0.302. The van der Waals surface area contributed by atoms with Crippen LogP contribution in [0.2, 0.25) is 0 Å². The van der Waals surface area contributed by atoms with E-state index in [4.69, 9.17) is 14.6 Å². The Morgan fingerprint density at radius 3 is 2.55 bits per heavy atom. The van der Waals surface area contributed by atoms with Gasteiger partial charge in [-0.25, -0.2) is 9.37 Å². The van der Waals surface area contributed by atoms with Crippen LogP contribution in [0.15, 0.2) is 88.0 Å². The van der Waals surface area contributed by atoms with Crippen LogP contribution in [0, 0.1) is 12.7 Å². The van der Waals surface area contributed by atoms with Crippen LogP contribution in [0.25, 0.3) is 33.2 Å². The van der Waals surface area contributed by atoms with Gasteiger partial charge in [0.05, 0.1) is 11.8 Å². The van der Waals surface area contributed by atoms with Crippen LogP contribution in [0.1, 0.15) is 56.3 Å². The van der Waals surface area contributed by atoms with Crippen molar-refractivity contribution in [2.75, 3.05) is 0 Å². The van der Waals surface area contributed by atoms with Crippen LogP contribution in [-0.2, 0) is 12.0 Å². The van der Waals surface area contributed by atoms with E-state index in [9.17, 15) is 14.0 Å². The maximum Gasteiger partial charge on any atom is 0.252 e. The average Bonchev–Trinajstić information content (AvgIpc) is 3.47. The number of benzene rings is 3. The molecule has 6 aromatic rings. The maximum atomic E-state index is 13.4. The third-order valence-corrected chi connectivity index (χ3v) is 7.80. The van der Waals surface area contributed by atoms with Gasteiger partial charge in [-0.2, -0.15) is 0 Å². The Kier molecular flexibility index (Phi) is 5.90. The average molecular weight is 561 g/mol. The minimum Gasteiger partial charge on any atom is -0.460 e. The fourth-order valence-corrected chi connectivity index (χ4v) is 5.36. The lowest BCUT2D eigenvalue weighted by Gasteiger charge is -2.15. The zero-order chi connectivity index (χ0) is 29.0. The van der Waals surface area contributed by atoms with Crippen molar-refractivity contribution in [2.45, 2.75) is 31.7 Å². The van der Waals surface area contributed by atoms with E-state index in [0.29, 0.717) is 39.3 Å². The van der Waals surface area contributed by atoms with Crippen LogP contribution in [0.3, 0.4) is 0 Å². The van der Waals surface area contributed by atoms with Gasteiger partial charge in [0.15, 0.2) is 5.58 Å². The van der Waals surface area contributed by atoms with Gasteiger partial charge in [-0.15, -0.1) is 0 Å². The zero-order valence-electron chi connectivity index (χ0n) is 22.6. The van der Waals surface area contributed by atoms with Crippen LogP contribution < -0.4 is 11.1 Å². The number of nitrogens with two attached hydrogens (primary N) is 1. The summed E-state index contributed by atoms with van der Waals surface area (Å²) in [5, 5.41) is 3.71. The number of rotatable bonds is 7. The Bertz CT molecular complexity index is 1990. The third kappa shape index (κ3) is 4.49. The molecule has 3 aromatic carbocycles. The summed E-state index contributed by atoms with van der Waals surface area (Å²) in [6, 6.07) is 18.8. The van der Waals surface area contributed by atoms with Gasteiger partial charge in [0.1, 0.15) is 28.2 Å². The van der Waals surface area contributed by atoms with E-state index in [1.165, 1.54) is 12.1 Å². The van der Waals surface area contributed by atoms with E-state index in [0.717, 1.165) is 35.1 Å². The molecule has 0 spiro atoms. The number of amides is 2. The number of hydrogen-bond acceptors (Lipinski definition) is 6. The van der Waals surface area contributed by atoms with E-state index in [2.05, 4.69) is 15.3 Å². The second kappa shape index (κ2) is 9.66. The molecule has 3 heterocycles. The molecule has 208 valence electrons. The number of nitrogens with one attached hydrogen (secondary N) is 1. The number of carbonyl (C=O) groups is 2. The number of carbonyl (C=O) groups excluding carboxylic acids is 2. The van der Waals surface area contributed by atoms with Gasteiger partial charge in [-0.1, -0.05) is 24.3 Å². The van der Waals surface area contributed by atoms with Crippen molar-refractivity contribution in [1.82, 2.24) is 15.3 Å². The highest BCUT2D eigenvalue weighted by Gasteiger charge is 2.50. The first-order valence-corrected chi connectivity index (χ1v) is 13.5. The molecule has 3 aromatic heterocycles. The standard InChI is InChI=1S/C33H25FN4O4/c1-18-2-5-21(31(40)38-33(11-12-33)32-37-25-17-36-13-10-27(25)42-32)16-23(18)20-6-9-26-24(15-20)29(30(35)39)28(41-26)14-19-3-7-22(34)8-4-19/h2-10,13,15-17H,11-12,14H2,1H3,(H2,35,39)(H,38,40). The Hall–Kier alpha value is -5.31. The second-order valence-corrected chi connectivity index (χ2v) is 10.7. The van der Waals surface area contributed by atoms with E-state index in [1.807, 2.05) is 31.2 Å². The topological polar surface area (TPSA) is 124 Å². The minimum atomic E-state index is -0.645. The number of halogens is 1. The Balaban J connectivity index is 1.20. The molecule has 0 atom stereocenters. The second-order valence-electron chi connectivity index (χ2n) is 10.7. The normalized spacial score (nSPS) is 13.9. The van der Waals surface area contributed by atoms with Crippen molar-refractivity contribution < 1.29 is 22.8 Å². The highest BCUT2D eigenvalue weighted by Crippen LogP contribution is 2.46. The van der Waals surface area contributed by atoms with Crippen molar-refractivity contribution in [3.05, 3.63) is 119 Å². The number of pyridine rings is 1. The quantitative estimate of drug-likeness (QED) is 0.240. The number of primary amides is 1. The number of aromatic nitrogens is 2. The molecule has 1 aliphatic carbocycles. The molecule has 7 rings (SSSR count). The summed E-state index contributed by atoms with van der Waals surface area (Å²) < 4.78 is 25.3. The molecule has 9 heteroatoms. The van der Waals surface area contributed by atoms with Gasteiger partial charge in [0.2, 0.25) is 5.89 Å². The zero-order valence-corrected chi connectivity index (χ0v) is 22.6. The molecule has 3 N–H and O–H groups in total. The summed E-state index contributed by atoms with van der Waals surface area (Å²) in [6.07, 6.45) is 5.02. The van der Waals surface area contributed by atoms with Gasteiger partial charge in [0, 0.05) is 29.6 Å². The molecule has 1 saturated carbocycles. The summed E-state index contributed by atoms with van der Waals surface area (Å²) in [7, 11) is 0. The highest BCUT2D eigenvalue weighted by atomic mass is 19.1. The monoisotopic (exact) mass is 560 g/mol. The van der Waals surface area contributed by atoms with Crippen molar-refractivity contribution in [2.24, 2.45) is 5.73 Å². The Morgan fingerprint density at radius 2 is 1.81 bits per heavy atom. The number of oxazole rings is 1. The molecule has 42 heavy (non-hydrogen) atoms. The van der Waals surface area contributed by atoms with Gasteiger partial charge in [0.25, 0.3) is 11.8 Å². The fraction of sp³-hybridized carbons (Fsp3) is 0.152. The molecule has 1 fully saturated rings. The van der Waals surface area contributed by atoms with Crippen molar-refractivity contribution in [1.29, 1.82) is 0 Å². The Morgan fingerprint density at radius 1 is 1.00 bits per heavy atom. The SMILES string of the molecule is Cc1ccc(C(=O)NC2(c3nc4cnccc4o3)CC2)cc1-c1ccc2oc(Cc3ccc(F)cc3)c(C(N)=O)c2c1. The largest absolute Gasteiger partial charge is 0.460 e. The van der Waals surface area contributed by atoms with Gasteiger partial charge in [-0.05, 0) is 78.4 Å². The highest BCUT2D eigenvalue weighted by molar-refractivity contribution is 6.07. The number of nitrogens with zero attached hydrogens (tertiary/aromatic N) is 2. The molecule has 1 aliphatic rings. The first-order chi connectivity index (χ1) is 20.3. The van der Waals surface area contributed by atoms with E-state index in [-0.39, 0.29) is 23.7 Å². The van der Waals surface area contributed by atoms with Gasteiger partial charge in [-0.3, -0.25) is 14.6 Å². The van der Waals surface area contributed by atoms with Gasteiger partial charge < -0.3 is 19.9 Å². The lowest BCUT2D eigenvalue weighted by molar-refractivity contribution is 0.0922. The van der Waals surface area contributed by atoms with Crippen LogP contribution in [-0.4, -0.2) is 21.8 Å². The summed E-state index contributed by atoms with van der Waals surface area (Å²) in [6.45, 7) is 1.96. The van der Waals surface area contributed by atoms with E-state index >= 15 is 0 Å². The van der Waals surface area contributed by atoms with Crippen LogP contribution >= 0.6 is 0 Å². The molecular formula is C33H25FN4O4. The molecule has 0 aliphatic heterocycles. The Labute approximate surface area is 239 Å². The van der Waals surface area contributed by atoms with Crippen molar-refractivity contribution in [3.8, 4) is 11.1 Å². The maximum absolute atomic E-state index is 13.4. The first-order valence-electron chi connectivity index (χ1n) is 13.5. The summed E-state index contributed by atoms with van der Waals surface area (Å²) >= 11 is 0. The molecule has 0 bridgehead atoms. The number of furan rings is 1. The lowest BCUT2D eigenvalue weighted by Crippen LogP contribution is -2.35. The molecule has 8 nitrogen and oxygen atoms in total. The van der Waals surface area contributed by atoms with Crippen molar-refractivity contribution in [3.63, 3.8) is 0 Å². The van der Waals surface area contributed by atoms with Crippen LogP contribution in [0.5, 0.6) is 0 Å².